The predicted molar refractivity (Wildman–Crippen MR) is 205 cm³/mol. The van der Waals surface area contributed by atoms with Crippen molar-refractivity contribution in [2.75, 3.05) is 4.90 Å². The van der Waals surface area contributed by atoms with Gasteiger partial charge in [0.15, 0.2) is 0 Å². The highest BCUT2D eigenvalue weighted by Crippen LogP contribution is 2.39. The molecule has 1 nitrogen and oxygen atoms in total. The molecule has 0 aliphatic carbocycles. The lowest BCUT2D eigenvalue weighted by atomic mass is 9.84. The minimum absolute atomic E-state index is 0.332. The molecular formula is C47H37N. The normalized spacial score (nSPS) is 11.8. The smallest absolute Gasteiger partial charge is 0.0540 e. The van der Waals surface area contributed by atoms with E-state index < -0.39 is 0 Å². The maximum absolute atomic E-state index is 2.36. The van der Waals surface area contributed by atoms with Crippen LogP contribution < -0.4 is 4.90 Å². The van der Waals surface area contributed by atoms with Gasteiger partial charge in [-0.2, -0.15) is 0 Å². The van der Waals surface area contributed by atoms with Gasteiger partial charge in [0.05, 0.1) is 5.69 Å². The molecule has 0 aliphatic rings. The summed E-state index contributed by atoms with van der Waals surface area (Å²) in [5.74, 6) is 0.332. The highest BCUT2D eigenvalue weighted by atomic mass is 15.1. The Kier molecular flexibility index (Phi) is 8.25. The third-order valence-electron chi connectivity index (χ3n) is 9.56. The van der Waals surface area contributed by atoms with Crippen LogP contribution in [0.25, 0.3) is 32.7 Å². The van der Waals surface area contributed by atoms with Gasteiger partial charge in [-0.3, -0.25) is 0 Å². The first-order valence-corrected chi connectivity index (χ1v) is 16.9. The Morgan fingerprint density at radius 2 is 0.917 bits per heavy atom. The quantitative estimate of drug-likeness (QED) is 0.156. The van der Waals surface area contributed by atoms with Crippen LogP contribution in [0.15, 0.2) is 194 Å². The largest absolute Gasteiger partial charge is 0.310 e. The minimum atomic E-state index is 0.332. The van der Waals surface area contributed by atoms with Crippen molar-refractivity contribution in [1.82, 2.24) is 0 Å². The molecule has 8 aromatic rings. The maximum Gasteiger partial charge on any atom is 0.0540 e. The zero-order chi connectivity index (χ0) is 32.1. The SMILES string of the molecule is c1ccc(C(CCc2ccc(-c3ccc(N(c4ccccc4)c4cccc5ccccc45)cc3)cc2)c2cccc3ccccc23)cc1. The van der Waals surface area contributed by atoms with Crippen LogP contribution in [-0.4, -0.2) is 0 Å². The average molecular weight is 616 g/mol. The first-order valence-electron chi connectivity index (χ1n) is 16.9. The topological polar surface area (TPSA) is 3.24 Å². The zero-order valence-corrected chi connectivity index (χ0v) is 26.9. The number of rotatable bonds is 9. The fraction of sp³-hybridized carbons (Fsp3) is 0.0638. The molecule has 48 heavy (non-hydrogen) atoms. The van der Waals surface area contributed by atoms with E-state index in [0.29, 0.717) is 5.92 Å². The van der Waals surface area contributed by atoms with Gasteiger partial charge in [0, 0.05) is 22.7 Å². The molecule has 0 amide bonds. The number of nitrogens with zero attached hydrogens (tertiary/aromatic N) is 1. The van der Waals surface area contributed by atoms with E-state index >= 15 is 0 Å². The molecule has 1 heteroatoms. The monoisotopic (exact) mass is 615 g/mol. The fourth-order valence-corrected chi connectivity index (χ4v) is 7.13. The Bertz CT molecular complexity index is 2260. The molecule has 0 spiro atoms. The lowest BCUT2D eigenvalue weighted by Gasteiger charge is -2.27. The number of para-hydroxylation sites is 1. The summed E-state index contributed by atoms with van der Waals surface area (Å²) in [6.45, 7) is 0. The van der Waals surface area contributed by atoms with Crippen molar-refractivity contribution in [3.8, 4) is 11.1 Å². The average Bonchev–Trinajstić information content (AvgIpc) is 3.17. The van der Waals surface area contributed by atoms with Crippen molar-refractivity contribution >= 4 is 38.6 Å². The zero-order valence-electron chi connectivity index (χ0n) is 26.9. The second-order valence-electron chi connectivity index (χ2n) is 12.5. The number of hydrogen-bond acceptors (Lipinski definition) is 1. The van der Waals surface area contributed by atoms with Gasteiger partial charge in [0.25, 0.3) is 0 Å². The summed E-state index contributed by atoms with van der Waals surface area (Å²) in [5.41, 5.74) is 10.0. The van der Waals surface area contributed by atoms with Gasteiger partial charge in [-0.15, -0.1) is 0 Å². The molecule has 1 unspecified atom stereocenters. The number of hydrogen-bond donors (Lipinski definition) is 0. The Morgan fingerprint density at radius 1 is 0.396 bits per heavy atom. The van der Waals surface area contributed by atoms with Crippen molar-refractivity contribution in [2.45, 2.75) is 18.8 Å². The Balaban J connectivity index is 1.05. The van der Waals surface area contributed by atoms with E-state index in [2.05, 4.69) is 199 Å². The lowest BCUT2D eigenvalue weighted by Crippen LogP contribution is -2.10. The number of benzene rings is 8. The summed E-state index contributed by atoms with van der Waals surface area (Å²) >= 11 is 0. The second-order valence-corrected chi connectivity index (χ2v) is 12.5. The van der Waals surface area contributed by atoms with Gasteiger partial charge in [-0.25, -0.2) is 0 Å². The van der Waals surface area contributed by atoms with E-state index in [4.69, 9.17) is 0 Å². The molecule has 0 N–H and O–H groups in total. The molecular weight excluding hydrogens is 579 g/mol. The minimum Gasteiger partial charge on any atom is -0.310 e. The van der Waals surface area contributed by atoms with Crippen LogP contribution in [0.1, 0.15) is 29.0 Å². The van der Waals surface area contributed by atoms with Crippen molar-refractivity contribution in [3.63, 3.8) is 0 Å². The Hall–Kier alpha value is -5.92. The molecule has 8 aromatic carbocycles. The fourth-order valence-electron chi connectivity index (χ4n) is 7.13. The Labute approximate surface area is 283 Å². The molecule has 230 valence electrons. The molecule has 0 radical (unpaired) electrons. The summed E-state index contributed by atoms with van der Waals surface area (Å²) in [4.78, 5) is 2.36. The molecule has 0 heterocycles. The summed E-state index contributed by atoms with van der Waals surface area (Å²) in [7, 11) is 0. The number of fused-ring (bicyclic) bond motifs is 2. The van der Waals surface area contributed by atoms with Gasteiger partial charge in [-0.1, -0.05) is 164 Å². The van der Waals surface area contributed by atoms with E-state index in [-0.39, 0.29) is 0 Å². The first kappa shape index (κ1) is 29.5. The van der Waals surface area contributed by atoms with Gasteiger partial charge in [-0.05, 0) is 87.1 Å². The highest BCUT2D eigenvalue weighted by Gasteiger charge is 2.18. The van der Waals surface area contributed by atoms with E-state index in [0.717, 1.165) is 24.2 Å². The second kappa shape index (κ2) is 13.4. The Morgan fingerprint density at radius 3 is 1.62 bits per heavy atom. The van der Waals surface area contributed by atoms with E-state index in [1.165, 1.54) is 55.0 Å². The molecule has 0 saturated heterocycles. The van der Waals surface area contributed by atoms with Gasteiger partial charge in [0.1, 0.15) is 0 Å². The van der Waals surface area contributed by atoms with Crippen molar-refractivity contribution in [1.29, 1.82) is 0 Å². The van der Waals surface area contributed by atoms with Crippen LogP contribution in [0.3, 0.4) is 0 Å². The summed E-state index contributed by atoms with van der Waals surface area (Å²) in [6, 6.07) is 70.4. The van der Waals surface area contributed by atoms with E-state index in [9.17, 15) is 0 Å². The maximum atomic E-state index is 2.36. The standard InChI is InChI=1S/C47H37N/c1-3-13-38(14-4-1)44(46-23-11-17-39-15-7-9-21-43(39)46)34-27-35-25-28-36(29-26-35)37-30-32-42(33-31-37)48(41-19-5-2-6-20-41)47-24-12-18-40-16-8-10-22-45(40)47/h1-26,28-33,44H,27,34H2. The van der Waals surface area contributed by atoms with Crippen LogP contribution in [0.2, 0.25) is 0 Å². The predicted octanol–water partition coefficient (Wildman–Crippen LogP) is 12.9. The van der Waals surface area contributed by atoms with E-state index in [1.807, 2.05) is 0 Å². The summed E-state index contributed by atoms with van der Waals surface area (Å²) in [6.07, 6.45) is 2.06. The molecule has 0 aromatic heterocycles. The van der Waals surface area contributed by atoms with Gasteiger partial charge < -0.3 is 4.90 Å². The van der Waals surface area contributed by atoms with Crippen LogP contribution in [0.5, 0.6) is 0 Å². The van der Waals surface area contributed by atoms with Crippen molar-refractivity contribution in [2.24, 2.45) is 0 Å². The molecule has 0 aliphatic heterocycles. The molecule has 0 bridgehead atoms. The summed E-state index contributed by atoms with van der Waals surface area (Å²) in [5, 5.41) is 5.12. The lowest BCUT2D eigenvalue weighted by molar-refractivity contribution is 0.720. The number of aryl methyl sites for hydroxylation is 1. The van der Waals surface area contributed by atoms with Crippen LogP contribution in [-0.2, 0) is 6.42 Å². The third kappa shape index (κ3) is 5.99. The first-order chi connectivity index (χ1) is 23.8. The van der Waals surface area contributed by atoms with Crippen LogP contribution in [0, 0.1) is 0 Å². The molecule has 8 rings (SSSR count). The molecule has 1 atom stereocenters. The van der Waals surface area contributed by atoms with Crippen molar-refractivity contribution < 1.29 is 0 Å². The van der Waals surface area contributed by atoms with Crippen LogP contribution in [0.4, 0.5) is 17.1 Å². The number of anilines is 3. The van der Waals surface area contributed by atoms with Gasteiger partial charge in [0.2, 0.25) is 0 Å². The molecule has 0 saturated carbocycles. The van der Waals surface area contributed by atoms with E-state index in [1.54, 1.807) is 0 Å². The van der Waals surface area contributed by atoms with Gasteiger partial charge >= 0.3 is 0 Å². The van der Waals surface area contributed by atoms with Crippen LogP contribution >= 0.6 is 0 Å². The third-order valence-corrected chi connectivity index (χ3v) is 9.56. The summed E-state index contributed by atoms with van der Waals surface area (Å²) < 4.78 is 0. The van der Waals surface area contributed by atoms with Crippen molar-refractivity contribution in [3.05, 3.63) is 211 Å². The highest BCUT2D eigenvalue weighted by molar-refractivity contribution is 5.99. The molecule has 0 fully saturated rings.